The summed E-state index contributed by atoms with van der Waals surface area (Å²) in [6.07, 6.45) is 0. The van der Waals surface area contributed by atoms with Gasteiger partial charge in [0.05, 0.1) is 31.0 Å². The second kappa shape index (κ2) is 9.30. The number of hydrogen-bond donors (Lipinski definition) is 0. The fourth-order valence-electron chi connectivity index (χ4n) is 2.82. The number of rotatable bonds is 9. The van der Waals surface area contributed by atoms with Crippen LogP contribution in [0.2, 0.25) is 0 Å². The van der Waals surface area contributed by atoms with Crippen LogP contribution >= 0.6 is 0 Å². The van der Waals surface area contributed by atoms with Gasteiger partial charge in [-0.25, -0.2) is 4.79 Å². The minimum atomic E-state index is -0.280. The van der Waals surface area contributed by atoms with Crippen molar-refractivity contribution in [1.82, 2.24) is 9.55 Å². The van der Waals surface area contributed by atoms with Crippen LogP contribution in [0, 0.1) is 0 Å². The average molecular weight is 368 g/mol. The van der Waals surface area contributed by atoms with Crippen molar-refractivity contribution in [3.8, 4) is 17.0 Å². The van der Waals surface area contributed by atoms with E-state index in [1.165, 1.54) is 0 Å². The maximum Gasteiger partial charge on any atom is 0.348 e. The summed E-state index contributed by atoms with van der Waals surface area (Å²) in [6, 6.07) is 15.4. The standard InChI is InChI=1S/C21H24N2O4/c1-3-25-11-12-26-13-14-27-17-9-10-19-18(15-17)20(22-21(24)23(19)2)16-7-5-4-6-8-16/h4-10,15H,3,11-14H2,1-2H3. The van der Waals surface area contributed by atoms with Crippen LogP contribution in [-0.2, 0) is 16.5 Å². The Morgan fingerprint density at radius 3 is 2.48 bits per heavy atom. The molecule has 27 heavy (non-hydrogen) atoms. The molecular weight excluding hydrogens is 344 g/mol. The van der Waals surface area contributed by atoms with Crippen LogP contribution in [0.3, 0.4) is 0 Å². The zero-order chi connectivity index (χ0) is 19.1. The minimum Gasteiger partial charge on any atom is -0.491 e. The molecule has 3 aromatic rings. The molecule has 3 rings (SSSR count). The molecule has 0 aliphatic rings. The van der Waals surface area contributed by atoms with Crippen LogP contribution in [0.4, 0.5) is 0 Å². The van der Waals surface area contributed by atoms with Crippen molar-refractivity contribution in [3.05, 3.63) is 59.0 Å². The van der Waals surface area contributed by atoms with Gasteiger partial charge >= 0.3 is 5.69 Å². The highest BCUT2D eigenvalue weighted by Crippen LogP contribution is 2.28. The average Bonchev–Trinajstić information content (AvgIpc) is 2.70. The normalized spacial score (nSPS) is 11.0. The molecule has 1 aromatic heterocycles. The Balaban J connectivity index is 1.79. The highest BCUT2D eigenvalue weighted by Gasteiger charge is 2.11. The van der Waals surface area contributed by atoms with E-state index in [0.717, 1.165) is 16.5 Å². The molecule has 0 unspecified atom stereocenters. The van der Waals surface area contributed by atoms with Gasteiger partial charge in [0.1, 0.15) is 12.4 Å². The van der Waals surface area contributed by atoms with Crippen molar-refractivity contribution in [1.29, 1.82) is 0 Å². The number of nitrogens with zero attached hydrogens (tertiary/aromatic N) is 2. The molecule has 2 aromatic carbocycles. The number of benzene rings is 2. The van der Waals surface area contributed by atoms with Crippen molar-refractivity contribution in [2.24, 2.45) is 7.05 Å². The third kappa shape index (κ3) is 4.72. The molecule has 6 nitrogen and oxygen atoms in total. The van der Waals surface area contributed by atoms with E-state index in [0.29, 0.717) is 44.5 Å². The topological polar surface area (TPSA) is 62.6 Å². The predicted molar refractivity (Wildman–Crippen MR) is 105 cm³/mol. The summed E-state index contributed by atoms with van der Waals surface area (Å²) in [5.74, 6) is 0.716. The molecule has 0 saturated carbocycles. The summed E-state index contributed by atoms with van der Waals surface area (Å²) in [4.78, 5) is 16.5. The van der Waals surface area contributed by atoms with Gasteiger partial charge in [0, 0.05) is 24.6 Å². The summed E-state index contributed by atoms with van der Waals surface area (Å²) < 4.78 is 18.0. The summed E-state index contributed by atoms with van der Waals surface area (Å²) in [5.41, 5.74) is 2.09. The summed E-state index contributed by atoms with van der Waals surface area (Å²) in [5, 5.41) is 0.873. The van der Waals surface area contributed by atoms with Gasteiger partial charge in [-0.3, -0.25) is 4.57 Å². The third-order valence-electron chi connectivity index (χ3n) is 4.20. The molecule has 6 heteroatoms. The van der Waals surface area contributed by atoms with Crippen molar-refractivity contribution < 1.29 is 14.2 Å². The van der Waals surface area contributed by atoms with E-state index in [1.54, 1.807) is 11.6 Å². The second-order valence-corrected chi connectivity index (χ2v) is 6.00. The van der Waals surface area contributed by atoms with Gasteiger partial charge in [0.2, 0.25) is 0 Å². The van der Waals surface area contributed by atoms with E-state index in [1.807, 2.05) is 55.5 Å². The van der Waals surface area contributed by atoms with Crippen molar-refractivity contribution in [2.75, 3.05) is 33.0 Å². The van der Waals surface area contributed by atoms with Gasteiger partial charge in [-0.05, 0) is 25.1 Å². The lowest BCUT2D eigenvalue weighted by atomic mass is 10.1. The summed E-state index contributed by atoms with van der Waals surface area (Å²) >= 11 is 0. The van der Waals surface area contributed by atoms with Gasteiger partial charge in [-0.15, -0.1) is 0 Å². The maximum absolute atomic E-state index is 12.2. The number of ether oxygens (including phenoxy) is 3. The fraction of sp³-hybridized carbons (Fsp3) is 0.333. The fourth-order valence-corrected chi connectivity index (χ4v) is 2.82. The van der Waals surface area contributed by atoms with Crippen LogP contribution in [0.15, 0.2) is 53.3 Å². The number of aryl methyl sites for hydroxylation is 1. The van der Waals surface area contributed by atoms with Gasteiger partial charge in [-0.1, -0.05) is 30.3 Å². The monoisotopic (exact) mass is 368 g/mol. The third-order valence-corrected chi connectivity index (χ3v) is 4.20. The molecule has 0 saturated heterocycles. The Hall–Kier alpha value is -2.70. The second-order valence-electron chi connectivity index (χ2n) is 6.00. The maximum atomic E-state index is 12.2. The molecule has 0 amide bonds. The highest BCUT2D eigenvalue weighted by molar-refractivity contribution is 5.93. The van der Waals surface area contributed by atoms with Crippen LogP contribution < -0.4 is 10.4 Å². The molecule has 0 bridgehead atoms. The van der Waals surface area contributed by atoms with Gasteiger partial charge in [0.15, 0.2) is 0 Å². The molecule has 1 heterocycles. The lowest BCUT2D eigenvalue weighted by Crippen LogP contribution is -2.21. The Morgan fingerprint density at radius 2 is 1.70 bits per heavy atom. The molecule has 0 aliphatic carbocycles. The first-order valence-corrected chi connectivity index (χ1v) is 9.05. The van der Waals surface area contributed by atoms with E-state index in [4.69, 9.17) is 14.2 Å². The first kappa shape index (κ1) is 19.1. The number of hydrogen-bond acceptors (Lipinski definition) is 5. The lowest BCUT2D eigenvalue weighted by molar-refractivity contribution is 0.0405. The van der Waals surface area contributed by atoms with Crippen LogP contribution in [-0.4, -0.2) is 42.6 Å². The van der Waals surface area contributed by atoms with Crippen molar-refractivity contribution in [3.63, 3.8) is 0 Å². The van der Waals surface area contributed by atoms with Crippen molar-refractivity contribution >= 4 is 10.9 Å². The molecule has 0 spiro atoms. The predicted octanol–water partition coefficient (Wildman–Crippen LogP) is 3.03. The molecule has 0 fully saturated rings. The smallest absolute Gasteiger partial charge is 0.348 e. The van der Waals surface area contributed by atoms with Gasteiger partial charge in [0.25, 0.3) is 0 Å². The quantitative estimate of drug-likeness (QED) is 0.543. The van der Waals surface area contributed by atoms with E-state index < -0.39 is 0 Å². The minimum absolute atomic E-state index is 0.280. The Kier molecular flexibility index (Phi) is 6.57. The largest absolute Gasteiger partial charge is 0.491 e. The van der Waals surface area contributed by atoms with Crippen LogP contribution in [0.5, 0.6) is 5.75 Å². The molecular formula is C21H24N2O4. The molecule has 0 N–H and O–H groups in total. The lowest BCUT2D eigenvalue weighted by Gasteiger charge is -2.12. The Labute approximate surface area is 158 Å². The molecule has 142 valence electrons. The first-order valence-electron chi connectivity index (χ1n) is 9.05. The molecule has 0 aliphatic heterocycles. The Morgan fingerprint density at radius 1 is 0.963 bits per heavy atom. The van der Waals surface area contributed by atoms with E-state index in [9.17, 15) is 4.79 Å². The van der Waals surface area contributed by atoms with Crippen molar-refractivity contribution in [2.45, 2.75) is 6.92 Å². The highest BCUT2D eigenvalue weighted by atomic mass is 16.5. The zero-order valence-electron chi connectivity index (χ0n) is 15.7. The first-order chi connectivity index (χ1) is 13.2. The molecule has 0 atom stereocenters. The van der Waals surface area contributed by atoms with E-state index >= 15 is 0 Å². The Bertz CT molecular complexity index is 938. The SMILES string of the molecule is CCOCCOCCOc1ccc2c(c1)c(-c1ccccc1)nc(=O)n2C. The summed E-state index contributed by atoms with van der Waals surface area (Å²) in [7, 11) is 1.72. The van der Waals surface area contributed by atoms with E-state index in [-0.39, 0.29) is 5.69 Å². The summed E-state index contributed by atoms with van der Waals surface area (Å²) in [6.45, 7) is 4.72. The van der Waals surface area contributed by atoms with Crippen LogP contribution in [0.1, 0.15) is 6.92 Å². The van der Waals surface area contributed by atoms with E-state index in [2.05, 4.69) is 4.98 Å². The van der Waals surface area contributed by atoms with Gasteiger partial charge < -0.3 is 14.2 Å². The zero-order valence-corrected chi connectivity index (χ0v) is 15.7. The van der Waals surface area contributed by atoms with Crippen LogP contribution in [0.25, 0.3) is 22.2 Å². The number of aromatic nitrogens is 2. The number of fused-ring (bicyclic) bond motifs is 1. The van der Waals surface area contributed by atoms with Gasteiger partial charge in [-0.2, -0.15) is 4.98 Å². The molecule has 0 radical (unpaired) electrons.